The number of benzene rings is 1. The van der Waals surface area contributed by atoms with Crippen molar-refractivity contribution >= 4 is 5.96 Å². The average molecular weight is 361 g/mol. The number of nitrogens with zero attached hydrogens (tertiary/aromatic N) is 3. The Labute approximate surface area is 156 Å². The van der Waals surface area contributed by atoms with E-state index in [1.807, 2.05) is 13.1 Å². The summed E-state index contributed by atoms with van der Waals surface area (Å²) in [6.07, 6.45) is 0.908. The van der Waals surface area contributed by atoms with Gasteiger partial charge in [0.15, 0.2) is 17.5 Å². The van der Waals surface area contributed by atoms with Gasteiger partial charge < -0.3 is 25.0 Å². The van der Waals surface area contributed by atoms with Crippen LogP contribution in [0.2, 0.25) is 0 Å². The van der Waals surface area contributed by atoms with Crippen LogP contribution in [-0.4, -0.2) is 82.0 Å². The number of hydrogen-bond acceptors (Lipinski definition) is 5. The minimum atomic E-state index is 0.319. The van der Waals surface area contributed by atoms with Crippen LogP contribution < -0.4 is 20.1 Å². The van der Waals surface area contributed by atoms with Gasteiger partial charge in [-0.15, -0.1) is 0 Å². The summed E-state index contributed by atoms with van der Waals surface area (Å²) >= 11 is 0. The third-order valence-electron chi connectivity index (χ3n) is 5.09. The number of guanidine groups is 1. The monoisotopic (exact) mass is 361 g/mol. The Bertz CT molecular complexity index is 614. The van der Waals surface area contributed by atoms with E-state index in [-0.39, 0.29) is 0 Å². The summed E-state index contributed by atoms with van der Waals surface area (Å²) in [4.78, 5) is 9.25. The maximum absolute atomic E-state index is 5.43. The van der Waals surface area contributed by atoms with E-state index in [9.17, 15) is 0 Å². The normalized spacial score (nSPS) is 19.4. The number of likely N-dealkylation sites (N-methyl/N-ethyl adjacent to an activating group) is 1. The van der Waals surface area contributed by atoms with Crippen LogP contribution >= 0.6 is 0 Å². The maximum Gasteiger partial charge on any atom is 0.231 e. The van der Waals surface area contributed by atoms with E-state index in [0.29, 0.717) is 12.8 Å². The highest BCUT2D eigenvalue weighted by Gasteiger charge is 2.19. The number of aliphatic imine (C=N–C) groups is 1. The van der Waals surface area contributed by atoms with E-state index in [2.05, 4.69) is 51.5 Å². The molecule has 7 nitrogen and oxygen atoms in total. The predicted molar refractivity (Wildman–Crippen MR) is 104 cm³/mol. The van der Waals surface area contributed by atoms with Gasteiger partial charge >= 0.3 is 0 Å². The summed E-state index contributed by atoms with van der Waals surface area (Å²) < 4.78 is 10.8. The lowest BCUT2D eigenvalue weighted by Crippen LogP contribution is -2.52. The van der Waals surface area contributed by atoms with E-state index in [0.717, 1.165) is 63.1 Å². The highest BCUT2D eigenvalue weighted by Crippen LogP contribution is 2.32. The molecule has 2 aliphatic rings. The highest BCUT2D eigenvalue weighted by atomic mass is 16.7. The molecule has 1 saturated heterocycles. The van der Waals surface area contributed by atoms with Gasteiger partial charge in [-0.25, -0.2) is 0 Å². The lowest BCUT2D eigenvalue weighted by molar-refractivity contribution is 0.120. The number of hydrogen-bond donors (Lipinski definition) is 2. The molecule has 2 N–H and O–H groups in total. The fourth-order valence-electron chi connectivity index (χ4n) is 3.28. The quantitative estimate of drug-likeness (QED) is 0.576. The van der Waals surface area contributed by atoms with Crippen molar-refractivity contribution in [2.24, 2.45) is 4.99 Å². The molecule has 0 aliphatic carbocycles. The van der Waals surface area contributed by atoms with Gasteiger partial charge in [-0.1, -0.05) is 6.07 Å². The average Bonchev–Trinajstić information content (AvgIpc) is 3.12. The molecule has 26 heavy (non-hydrogen) atoms. The molecule has 0 aromatic heterocycles. The first-order chi connectivity index (χ1) is 12.7. The molecule has 1 unspecified atom stereocenters. The van der Waals surface area contributed by atoms with Gasteiger partial charge in [0.2, 0.25) is 6.79 Å². The van der Waals surface area contributed by atoms with Crippen LogP contribution in [0.5, 0.6) is 11.5 Å². The van der Waals surface area contributed by atoms with Gasteiger partial charge in [-0.2, -0.15) is 0 Å². The second kappa shape index (κ2) is 9.09. The van der Waals surface area contributed by atoms with Crippen molar-refractivity contribution in [1.82, 2.24) is 20.4 Å². The van der Waals surface area contributed by atoms with E-state index in [1.54, 1.807) is 0 Å². The summed E-state index contributed by atoms with van der Waals surface area (Å²) in [6, 6.07) is 6.61. The Morgan fingerprint density at radius 2 is 1.92 bits per heavy atom. The fraction of sp³-hybridized carbons (Fsp3) is 0.632. The summed E-state index contributed by atoms with van der Waals surface area (Å²) in [6.45, 7) is 8.87. The Hall–Kier alpha value is -1.99. The molecule has 0 bridgehead atoms. The Balaban J connectivity index is 1.38. The van der Waals surface area contributed by atoms with Crippen molar-refractivity contribution in [2.75, 3.05) is 60.2 Å². The topological polar surface area (TPSA) is 61.4 Å². The first-order valence-corrected chi connectivity index (χ1v) is 9.41. The maximum atomic E-state index is 5.43. The lowest BCUT2D eigenvalue weighted by atomic mass is 10.1. The van der Waals surface area contributed by atoms with Crippen LogP contribution in [0.3, 0.4) is 0 Å². The standard InChI is InChI=1S/C19H31N5O2/c1-15(24-10-8-23(3)9-11-24)13-22-19(20-2)21-7-6-16-4-5-17-18(12-16)26-14-25-17/h4-5,12,15H,6-11,13-14H2,1-3H3,(H2,20,21,22). The first-order valence-electron chi connectivity index (χ1n) is 9.41. The zero-order valence-electron chi connectivity index (χ0n) is 16.1. The third kappa shape index (κ3) is 5.02. The molecular formula is C19H31N5O2. The summed E-state index contributed by atoms with van der Waals surface area (Å²) in [7, 11) is 4.00. The molecule has 2 aliphatic heterocycles. The van der Waals surface area contributed by atoms with Gasteiger partial charge in [-0.3, -0.25) is 9.89 Å². The number of nitrogens with one attached hydrogen (secondary N) is 2. The molecule has 7 heteroatoms. The van der Waals surface area contributed by atoms with E-state index in [1.165, 1.54) is 5.56 Å². The van der Waals surface area contributed by atoms with Gasteiger partial charge in [0.1, 0.15) is 0 Å². The molecule has 2 heterocycles. The number of fused-ring (bicyclic) bond motifs is 1. The molecule has 144 valence electrons. The minimum Gasteiger partial charge on any atom is -0.454 e. The molecule has 1 fully saturated rings. The van der Waals surface area contributed by atoms with Crippen molar-refractivity contribution in [3.63, 3.8) is 0 Å². The lowest BCUT2D eigenvalue weighted by Gasteiger charge is -2.36. The second-order valence-corrected chi connectivity index (χ2v) is 7.01. The summed E-state index contributed by atoms with van der Waals surface area (Å²) in [5, 5.41) is 6.84. The smallest absolute Gasteiger partial charge is 0.231 e. The van der Waals surface area contributed by atoms with Crippen LogP contribution in [0.1, 0.15) is 12.5 Å². The number of piperazine rings is 1. The Morgan fingerprint density at radius 1 is 1.15 bits per heavy atom. The first kappa shape index (κ1) is 18.8. The largest absolute Gasteiger partial charge is 0.454 e. The van der Waals surface area contributed by atoms with Crippen molar-refractivity contribution in [1.29, 1.82) is 0 Å². The fourth-order valence-corrected chi connectivity index (χ4v) is 3.28. The minimum absolute atomic E-state index is 0.319. The number of rotatable bonds is 6. The Morgan fingerprint density at radius 3 is 2.69 bits per heavy atom. The molecule has 0 saturated carbocycles. The van der Waals surface area contributed by atoms with Gasteiger partial charge in [0.05, 0.1) is 0 Å². The van der Waals surface area contributed by atoms with Gasteiger partial charge in [0.25, 0.3) is 0 Å². The van der Waals surface area contributed by atoms with Crippen LogP contribution in [0.15, 0.2) is 23.2 Å². The third-order valence-corrected chi connectivity index (χ3v) is 5.09. The molecule has 0 radical (unpaired) electrons. The molecule has 0 spiro atoms. The van der Waals surface area contributed by atoms with Crippen molar-refractivity contribution < 1.29 is 9.47 Å². The van der Waals surface area contributed by atoms with Crippen LogP contribution in [0.4, 0.5) is 0 Å². The zero-order valence-corrected chi connectivity index (χ0v) is 16.1. The summed E-state index contributed by atoms with van der Waals surface area (Å²) in [5.74, 6) is 2.52. The van der Waals surface area contributed by atoms with E-state index < -0.39 is 0 Å². The molecule has 0 amide bonds. The van der Waals surface area contributed by atoms with Crippen molar-refractivity contribution in [3.05, 3.63) is 23.8 Å². The van der Waals surface area contributed by atoms with Crippen LogP contribution in [0, 0.1) is 0 Å². The predicted octanol–water partition coefficient (Wildman–Crippen LogP) is 0.759. The van der Waals surface area contributed by atoms with Crippen molar-refractivity contribution in [3.8, 4) is 11.5 Å². The molecule has 1 aromatic rings. The molecule has 1 atom stereocenters. The molecule has 1 aromatic carbocycles. The SMILES string of the molecule is CN=C(NCCc1ccc2c(c1)OCO2)NCC(C)N1CCN(C)CC1. The van der Waals surface area contributed by atoms with Crippen molar-refractivity contribution in [2.45, 2.75) is 19.4 Å². The molecular weight excluding hydrogens is 330 g/mol. The van der Waals surface area contributed by atoms with Crippen LogP contribution in [0.25, 0.3) is 0 Å². The van der Waals surface area contributed by atoms with Gasteiger partial charge in [0, 0.05) is 52.4 Å². The second-order valence-electron chi connectivity index (χ2n) is 7.01. The number of ether oxygens (including phenoxy) is 2. The van der Waals surface area contributed by atoms with E-state index in [4.69, 9.17) is 9.47 Å². The van der Waals surface area contributed by atoms with Crippen LogP contribution in [-0.2, 0) is 6.42 Å². The Kier molecular flexibility index (Phi) is 6.57. The molecule has 3 rings (SSSR count). The van der Waals surface area contributed by atoms with E-state index >= 15 is 0 Å². The van der Waals surface area contributed by atoms with Gasteiger partial charge in [-0.05, 0) is 38.1 Å². The highest BCUT2D eigenvalue weighted by molar-refractivity contribution is 5.79. The summed E-state index contributed by atoms with van der Waals surface area (Å²) in [5.41, 5.74) is 1.23. The zero-order chi connectivity index (χ0) is 18.4.